The number of rotatable bonds is 4. The second-order valence-electron chi connectivity index (χ2n) is 2.66. The second kappa shape index (κ2) is 4.78. The van der Waals surface area contributed by atoms with Gasteiger partial charge in [0, 0.05) is 0 Å². The lowest BCUT2D eigenvalue weighted by Crippen LogP contribution is -1.88. The summed E-state index contributed by atoms with van der Waals surface area (Å²) >= 11 is 0. The van der Waals surface area contributed by atoms with Crippen molar-refractivity contribution < 1.29 is 9.84 Å². The molecule has 0 atom stereocenters. The lowest BCUT2D eigenvalue weighted by atomic mass is 10.1. The third kappa shape index (κ3) is 2.55. The molecule has 65 valence electrons. The van der Waals surface area contributed by atoms with Crippen LogP contribution < -0.4 is 4.74 Å². The van der Waals surface area contributed by atoms with E-state index in [0.29, 0.717) is 6.42 Å². The molecule has 0 heterocycles. The predicted molar refractivity (Wildman–Crippen MR) is 46.9 cm³/mol. The Kier molecular flexibility index (Phi) is 3.61. The summed E-state index contributed by atoms with van der Waals surface area (Å²) < 4.78 is 5.01. The first-order valence-corrected chi connectivity index (χ1v) is 4.08. The van der Waals surface area contributed by atoms with Crippen molar-refractivity contribution in [1.82, 2.24) is 0 Å². The maximum absolute atomic E-state index is 10.2. The van der Waals surface area contributed by atoms with Gasteiger partial charge in [-0.1, -0.05) is 12.1 Å². The lowest BCUT2D eigenvalue weighted by Gasteiger charge is -2.01. The highest BCUT2D eigenvalue weighted by Gasteiger charge is 1.93. The van der Waals surface area contributed by atoms with E-state index < -0.39 is 0 Å². The fourth-order valence-corrected chi connectivity index (χ4v) is 1.07. The monoisotopic (exact) mass is 165 g/mol. The van der Waals surface area contributed by atoms with E-state index in [1.807, 2.05) is 24.3 Å². The van der Waals surface area contributed by atoms with Crippen molar-refractivity contribution in [3.63, 3.8) is 0 Å². The van der Waals surface area contributed by atoms with Crippen molar-refractivity contribution in [3.8, 4) is 5.75 Å². The first-order valence-electron chi connectivity index (χ1n) is 4.08. The van der Waals surface area contributed by atoms with Gasteiger partial charge >= 0.3 is 0 Å². The molecule has 0 bridgehead atoms. The molecular formula is C10H13O2. The van der Waals surface area contributed by atoms with Crippen LogP contribution in [-0.2, 0) is 11.5 Å². The van der Waals surface area contributed by atoms with Gasteiger partial charge < -0.3 is 4.74 Å². The van der Waals surface area contributed by atoms with E-state index in [1.54, 1.807) is 7.11 Å². The molecule has 0 saturated carbocycles. The third-order valence-corrected chi connectivity index (χ3v) is 1.77. The zero-order valence-corrected chi connectivity index (χ0v) is 7.25. The van der Waals surface area contributed by atoms with Gasteiger partial charge in [-0.15, -0.1) is 0 Å². The van der Waals surface area contributed by atoms with Gasteiger partial charge in [-0.3, -0.25) is 0 Å². The maximum Gasteiger partial charge on any atom is 0.118 e. The largest absolute Gasteiger partial charge is 0.497 e. The van der Waals surface area contributed by atoms with Crippen LogP contribution in [0.2, 0.25) is 0 Å². The minimum Gasteiger partial charge on any atom is -0.497 e. The number of aryl methyl sites for hydroxylation is 1. The Bertz CT molecular complexity index is 216. The molecule has 0 amide bonds. The molecule has 1 rings (SSSR count). The van der Waals surface area contributed by atoms with Crippen LogP contribution in [0.3, 0.4) is 0 Å². The number of benzene rings is 1. The third-order valence-electron chi connectivity index (χ3n) is 1.77. The van der Waals surface area contributed by atoms with Gasteiger partial charge in [0.1, 0.15) is 5.75 Å². The van der Waals surface area contributed by atoms with Crippen LogP contribution in [0.4, 0.5) is 0 Å². The Morgan fingerprint density at radius 2 is 1.92 bits per heavy atom. The average molecular weight is 165 g/mol. The van der Waals surface area contributed by atoms with Crippen LogP contribution in [-0.4, -0.2) is 13.7 Å². The fraction of sp³-hybridized carbons (Fsp3) is 0.400. The van der Waals surface area contributed by atoms with Crippen molar-refractivity contribution >= 4 is 0 Å². The van der Waals surface area contributed by atoms with Gasteiger partial charge in [0.25, 0.3) is 0 Å². The molecule has 1 radical (unpaired) electrons. The first-order chi connectivity index (χ1) is 5.86. The lowest BCUT2D eigenvalue weighted by molar-refractivity contribution is 0.189. The van der Waals surface area contributed by atoms with Gasteiger partial charge in [-0.05, 0) is 30.5 Å². The Morgan fingerprint density at radius 1 is 1.25 bits per heavy atom. The number of hydrogen-bond acceptors (Lipinski definition) is 1. The molecule has 0 spiro atoms. The van der Waals surface area contributed by atoms with E-state index >= 15 is 0 Å². The highest BCUT2D eigenvalue weighted by atomic mass is 16.5. The molecule has 0 aliphatic heterocycles. The topological polar surface area (TPSA) is 29.1 Å². The standard InChI is InChI=1S/C10H13O2/c1-12-10-6-4-9(5-7-10)3-2-8-11/h4-7H,2-3,8H2,1H3. The van der Waals surface area contributed by atoms with Gasteiger partial charge in [0.2, 0.25) is 0 Å². The van der Waals surface area contributed by atoms with Crippen LogP contribution in [0.25, 0.3) is 0 Å². The van der Waals surface area contributed by atoms with Crippen LogP contribution in [0.1, 0.15) is 12.0 Å². The summed E-state index contributed by atoms with van der Waals surface area (Å²) in [5.41, 5.74) is 1.20. The highest BCUT2D eigenvalue weighted by Crippen LogP contribution is 2.12. The van der Waals surface area contributed by atoms with Crippen LogP contribution in [0, 0.1) is 0 Å². The summed E-state index contributed by atoms with van der Waals surface area (Å²) in [5.74, 6) is 0.862. The van der Waals surface area contributed by atoms with Crippen molar-refractivity contribution in [2.75, 3.05) is 13.7 Å². The van der Waals surface area contributed by atoms with E-state index in [0.717, 1.165) is 12.2 Å². The Labute approximate surface area is 72.8 Å². The molecule has 1 aromatic rings. The summed E-state index contributed by atoms with van der Waals surface area (Å²) in [6.45, 7) is 0.00598. The van der Waals surface area contributed by atoms with Gasteiger partial charge in [0.15, 0.2) is 0 Å². The summed E-state index contributed by atoms with van der Waals surface area (Å²) in [5, 5.41) is 10.2. The van der Waals surface area contributed by atoms with Crippen LogP contribution >= 0.6 is 0 Å². The molecule has 0 saturated heterocycles. The summed E-state index contributed by atoms with van der Waals surface area (Å²) in [6.07, 6.45) is 1.58. The van der Waals surface area contributed by atoms with Crippen LogP contribution in [0.15, 0.2) is 24.3 Å². The Morgan fingerprint density at radius 3 is 2.42 bits per heavy atom. The molecule has 2 nitrogen and oxygen atoms in total. The van der Waals surface area contributed by atoms with Crippen molar-refractivity contribution in [2.24, 2.45) is 0 Å². The van der Waals surface area contributed by atoms with Gasteiger partial charge in [-0.2, -0.15) is 0 Å². The quantitative estimate of drug-likeness (QED) is 0.671. The molecule has 0 fully saturated rings. The molecule has 0 aliphatic rings. The molecule has 0 N–H and O–H groups in total. The zero-order chi connectivity index (χ0) is 8.81. The zero-order valence-electron chi connectivity index (χ0n) is 7.25. The molecule has 0 aromatic heterocycles. The number of methoxy groups -OCH3 is 1. The van der Waals surface area contributed by atoms with Crippen molar-refractivity contribution in [2.45, 2.75) is 12.8 Å². The van der Waals surface area contributed by atoms with Gasteiger partial charge in [0.05, 0.1) is 13.7 Å². The first kappa shape index (κ1) is 9.07. The SMILES string of the molecule is COc1ccc(CCC[O])cc1. The van der Waals surface area contributed by atoms with Crippen LogP contribution in [0.5, 0.6) is 5.75 Å². The smallest absolute Gasteiger partial charge is 0.118 e. The minimum absolute atomic E-state index is 0.00598. The number of hydrogen-bond donors (Lipinski definition) is 0. The molecule has 12 heavy (non-hydrogen) atoms. The normalized spacial score (nSPS) is 9.83. The van der Waals surface area contributed by atoms with E-state index in [9.17, 15) is 5.11 Å². The molecule has 0 aliphatic carbocycles. The van der Waals surface area contributed by atoms with Crippen molar-refractivity contribution in [1.29, 1.82) is 0 Å². The van der Waals surface area contributed by atoms with Gasteiger partial charge in [-0.25, -0.2) is 5.11 Å². The molecule has 2 heteroatoms. The van der Waals surface area contributed by atoms with E-state index in [-0.39, 0.29) is 6.61 Å². The van der Waals surface area contributed by atoms with E-state index in [4.69, 9.17) is 4.74 Å². The Balaban J connectivity index is 2.53. The summed E-state index contributed by atoms with van der Waals surface area (Å²) in [6, 6.07) is 7.82. The average Bonchev–Trinajstić information content (AvgIpc) is 2.15. The van der Waals surface area contributed by atoms with E-state index in [1.165, 1.54) is 5.56 Å². The van der Waals surface area contributed by atoms with Crippen molar-refractivity contribution in [3.05, 3.63) is 29.8 Å². The maximum atomic E-state index is 10.2. The predicted octanol–water partition coefficient (Wildman–Crippen LogP) is 2.06. The summed E-state index contributed by atoms with van der Waals surface area (Å²) in [4.78, 5) is 0. The highest BCUT2D eigenvalue weighted by molar-refractivity contribution is 5.27. The number of ether oxygens (including phenoxy) is 1. The second-order valence-corrected chi connectivity index (χ2v) is 2.66. The fourth-order valence-electron chi connectivity index (χ4n) is 1.07. The van der Waals surface area contributed by atoms with E-state index in [2.05, 4.69) is 0 Å². The molecular weight excluding hydrogens is 152 g/mol. The summed E-state index contributed by atoms with van der Waals surface area (Å²) in [7, 11) is 1.65. The minimum atomic E-state index is 0.00598. The molecule has 1 aromatic carbocycles. The Hall–Kier alpha value is -1.02. The molecule has 0 unspecified atom stereocenters.